The summed E-state index contributed by atoms with van der Waals surface area (Å²) >= 11 is 0. The maximum absolute atomic E-state index is 12.0. The molecule has 0 spiro atoms. The van der Waals surface area contributed by atoms with Crippen LogP contribution in [0.3, 0.4) is 0 Å². The molecule has 0 atom stereocenters. The number of rotatable bonds is 5. The summed E-state index contributed by atoms with van der Waals surface area (Å²) in [7, 11) is 1.84. The molecule has 0 bridgehead atoms. The Morgan fingerprint density at radius 1 is 1.32 bits per heavy atom. The number of benzene rings is 1. The van der Waals surface area contributed by atoms with Crippen LogP contribution in [0.1, 0.15) is 32.3 Å². The Labute approximate surface area is 114 Å². The van der Waals surface area contributed by atoms with E-state index in [0.29, 0.717) is 18.9 Å². The third-order valence-electron chi connectivity index (χ3n) is 3.22. The second kappa shape index (κ2) is 5.95. The Hall–Kier alpha value is -1.71. The van der Waals surface area contributed by atoms with Crippen molar-refractivity contribution in [3.05, 3.63) is 23.8 Å². The van der Waals surface area contributed by atoms with E-state index >= 15 is 0 Å². The molecule has 0 fully saturated rings. The molecular weight excluding hydrogens is 242 g/mol. The predicted octanol–water partition coefficient (Wildman–Crippen LogP) is 2.81. The average Bonchev–Trinajstić information content (AvgIpc) is 2.83. The fourth-order valence-corrected chi connectivity index (χ4v) is 2.00. The zero-order chi connectivity index (χ0) is 13.8. The van der Waals surface area contributed by atoms with E-state index in [4.69, 9.17) is 9.47 Å². The van der Waals surface area contributed by atoms with E-state index in [2.05, 4.69) is 13.8 Å². The second-order valence-corrected chi connectivity index (χ2v) is 5.37. The highest BCUT2D eigenvalue weighted by molar-refractivity contribution is 5.75. The van der Waals surface area contributed by atoms with E-state index < -0.39 is 0 Å². The van der Waals surface area contributed by atoms with Crippen LogP contribution in [-0.2, 0) is 11.3 Å². The molecule has 0 N–H and O–H groups in total. The van der Waals surface area contributed by atoms with Crippen LogP contribution >= 0.6 is 0 Å². The van der Waals surface area contributed by atoms with Gasteiger partial charge in [0.15, 0.2) is 11.5 Å². The summed E-state index contributed by atoms with van der Waals surface area (Å²) in [5, 5.41) is 0. The van der Waals surface area contributed by atoms with Crippen molar-refractivity contribution in [3.63, 3.8) is 0 Å². The van der Waals surface area contributed by atoms with Crippen molar-refractivity contribution in [1.29, 1.82) is 0 Å². The first-order valence-electron chi connectivity index (χ1n) is 6.68. The van der Waals surface area contributed by atoms with E-state index in [1.807, 2.05) is 25.2 Å². The highest BCUT2D eigenvalue weighted by Crippen LogP contribution is 2.32. The van der Waals surface area contributed by atoms with Gasteiger partial charge in [-0.25, -0.2) is 0 Å². The van der Waals surface area contributed by atoms with E-state index in [1.54, 1.807) is 4.90 Å². The van der Waals surface area contributed by atoms with Crippen molar-refractivity contribution in [1.82, 2.24) is 4.90 Å². The van der Waals surface area contributed by atoms with Crippen LogP contribution < -0.4 is 9.47 Å². The summed E-state index contributed by atoms with van der Waals surface area (Å²) in [6, 6.07) is 5.80. The van der Waals surface area contributed by atoms with E-state index in [1.165, 1.54) is 0 Å². The van der Waals surface area contributed by atoms with Crippen LogP contribution in [0.25, 0.3) is 0 Å². The standard InChI is InChI=1S/C15H21NO3/c1-11(2)4-7-15(17)16(3)9-12-5-6-13-14(8-12)19-10-18-13/h5-6,8,11H,4,7,9-10H2,1-3H3. The number of ether oxygens (including phenoxy) is 2. The molecule has 0 aromatic heterocycles. The highest BCUT2D eigenvalue weighted by Gasteiger charge is 2.15. The number of nitrogens with zero attached hydrogens (tertiary/aromatic N) is 1. The molecule has 0 saturated heterocycles. The summed E-state index contributed by atoms with van der Waals surface area (Å²) in [4.78, 5) is 13.7. The SMILES string of the molecule is CC(C)CCC(=O)N(C)Cc1ccc2c(c1)OCO2. The summed E-state index contributed by atoms with van der Waals surface area (Å²) in [5.74, 6) is 2.28. The van der Waals surface area contributed by atoms with E-state index in [-0.39, 0.29) is 12.7 Å². The van der Waals surface area contributed by atoms with Gasteiger partial charge in [0.25, 0.3) is 0 Å². The Morgan fingerprint density at radius 2 is 2.05 bits per heavy atom. The van der Waals surface area contributed by atoms with Crippen LogP contribution in [-0.4, -0.2) is 24.6 Å². The second-order valence-electron chi connectivity index (χ2n) is 5.37. The zero-order valence-corrected chi connectivity index (χ0v) is 11.8. The average molecular weight is 263 g/mol. The van der Waals surface area contributed by atoms with Crippen LogP contribution in [0, 0.1) is 5.92 Å². The normalized spacial score (nSPS) is 12.8. The number of carbonyl (C=O) groups is 1. The molecule has 4 nitrogen and oxygen atoms in total. The van der Waals surface area contributed by atoms with E-state index in [9.17, 15) is 4.79 Å². The minimum absolute atomic E-state index is 0.186. The van der Waals surface area contributed by atoms with Crippen LogP contribution in [0.15, 0.2) is 18.2 Å². The lowest BCUT2D eigenvalue weighted by molar-refractivity contribution is -0.130. The van der Waals surface area contributed by atoms with Gasteiger partial charge in [0.05, 0.1) is 0 Å². The minimum Gasteiger partial charge on any atom is -0.454 e. The Morgan fingerprint density at radius 3 is 2.79 bits per heavy atom. The summed E-state index contributed by atoms with van der Waals surface area (Å²) in [6.07, 6.45) is 1.54. The van der Waals surface area contributed by atoms with Gasteiger partial charge < -0.3 is 14.4 Å². The van der Waals surface area contributed by atoms with Crippen molar-refractivity contribution < 1.29 is 14.3 Å². The maximum atomic E-state index is 12.0. The zero-order valence-electron chi connectivity index (χ0n) is 11.8. The lowest BCUT2D eigenvalue weighted by Gasteiger charge is -2.18. The van der Waals surface area contributed by atoms with Gasteiger partial charge in [0.1, 0.15) is 0 Å². The molecule has 0 aliphatic carbocycles. The first-order chi connectivity index (χ1) is 9.06. The topological polar surface area (TPSA) is 38.8 Å². The summed E-state index contributed by atoms with van der Waals surface area (Å²) in [6.45, 7) is 5.14. The fraction of sp³-hybridized carbons (Fsp3) is 0.533. The number of hydrogen-bond donors (Lipinski definition) is 0. The molecule has 1 heterocycles. The molecule has 1 aliphatic heterocycles. The van der Waals surface area contributed by atoms with Crippen LogP contribution in [0.4, 0.5) is 0 Å². The van der Waals surface area contributed by atoms with Crippen LogP contribution in [0.2, 0.25) is 0 Å². The predicted molar refractivity (Wildman–Crippen MR) is 73.1 cm³/mol. The molecule has 104 valence electrons. The molecule has 1 aromatic rings. The first-order valence-corrected chi connectivity index (χ1v) is 6.68. The Balaban J connectivity index is 1.91. The molecule has 0 radical (unpaired) electrons. The van der Waals surface area contributed by atoms with Gasteiger partial charge in [0, 0.05) is 20.0 Å². The molecule has 1 aliphatic rings. The van der Waals surface area contributed by atoms with Crippen molar-refractivity contribution in [2.24, 2.45) is 5.92 Å². The molecule has 19 heavy (non-hydrogen) atoms. The van der Waals surface area contributed by atoms with Gasteiger partial charge in [-0.05, 0) is 30.0 Å². The smallest absolute Gasteiger partial charge is 0.231 e. The lowest BCUT2D eigenvalue weighted by Crippen LogP contribution is -2.26. The van der Waals surface area contributed by atoms with Gasteiger partial charge in [0.2, 0.25) is 12.7 Å². The number of hydrogen-bond acceptors (Lipinski definition) is 3. The van der Waals surface area contributed by atoms with Crippen LogP contribution in [0.5, 0.6) is 11.5 Å². The van der Waals surface area contributed by atoms with Gasteiger partial charge in [-0.1, -0.05) is 19.9 Å². The van der Waals surface area contributed by atoms with Gasteiger partial charge in [-0.3, -0.25) is 4.79 Å². The van der Waals surface area contributed by atoms with Crippen molar-refractivity contribution in [3.8, 4) is 11.5 Å². The lowest BCUT2D eigenvalue weighted by atomic mass is 10.1. The molecular formula is C15H21NO3. The molecule has 0 saturated carbocycles. The Kier molecular flexibility index (Phi) is 4.30. The molecule has 2 rings (SSSR count). The quantitative estimate of drug-likeness (QED) is 0.820. The largest absolute Gasteiger partial charge is 0.454 e. The molecule has 4 heteroatoms. The van der Waals surface area contributed by atoms with Gasteiger partial charge in [-0.2, -0.15) is 0 Å². The number of fused-ring (bicyclic) bond motifs is 1. The van der Waals surface area contributed by atoms with Crippen molar-refractivity contribution in [2.45, 2.75) is 33.2 Å². The van der Waals surface area contributed by atoms with E-state index in [0.717, 1.165) is 23.5 Å². The summed E-state index contributed by atoms with van der Waals surface area (Å²) in [5.41, 5.74) is 1.06. The third kappa shape index (κ3) is 3.63. The first kappa shape index (κ1) is 13.7. The molecule has 1 amide bonds. The molecule has 0 unspecified atom stereocenters. The fourth-order valence-electron chi connectivity index (χ4n) is 2.00. The van der Waals surface area contributed by atoms with Gasteiger partial charge in [-0.15, -0.1) is 0 Å². The number of amides is 1. The van der Waals surface area contributed by atoms with Crippen molar-refractivity contribution in [2.75, 3.05) is 13.8 Å². The minimum atomic E-state index is 0.186. The highest BCUT2D eigenvalue weighted by atomic mass is 16.7. The number of carbonyl (C=O) groups excluding carboxylic acids is 1. The Bertz CT molecular complexity index is 457. The maximum Gasteiger partial charge on any atom is 0.231 e. The van der Waals surface area contributed by atoms with Gasteiger partial charge >= 0.3 is 0 Å². The third-order valence-corrected chi connectivity index (χ3v) is 3.22. The monoisotopic (exact) mass is 263 g/mol. The van der Waals surface area contributed by atoms with Crippen molar-refractivity contribution >= 4 is 5.91 Å². The summed E-state index contributed by atoms with van der Waals surface area (Å²) < 4.78 is 10.6. The molecule has 1 aromatic carbocycles.